The van der Waals surface area contributed by atoms with Gasteiger partial charge in [-0.1, -0.05) is 26.0 Å². The number of nitrogens with one attached hydrogen (secondary N) is 1. The van der Waals surface area contributed by atoms with Gasteiger partial charge in [-0.05, 0) is 73.3 Å². The van der Waals surface area contributed by atoms with E-state index in [4.69, 9.17) is 4.74 Å². The number of hydrogen-bond acceptors (Lipinski definition) is 6. The standard InChI is InChI=1S/C27H35FN6O2Si/c1-18-13-20-15-29-33(12-6-11-27(2,3)37(4,5)35)23(20)14-22(18)30-26-32-31-25-17-36-16-24(34(25)26)19-7-9-21(28)10-8-19/h7-10,13-15,24,35H,6,11-12,16-17H2,1-5H3,(H,30,32)/t24-/m0/s1. The maximum Gasteiger partial charge on any atom is 0.229 e. The molecule has 0 saturated carbocycles. The van der Waals surface area contributed by atoms with Crippen LogP contribution >= 0.6 is 0 Å². The van der Waals surface area contributed by atoms with E-state index in [0.717, 1.165) is 52.9 Å². The number of ether oxygens (including phenoxy) is 1. The molecule has 2 N–H and O–H groups in total. The lowest BCUT2D eigenvalue weighted by Gasteiger charge is -2.35. The first-order chi connectivity index (χ1) is 17.5. The fourth-order valence-electron chi connectivity index (χ4n) is 4.75. The Morgan fingerprint density at radius 1 is 1.19 bits per heavy atom. The van der Waals surface area contributed by atoms with E-state index in [1.807, 2.05) is 28.5 Å². The van der Waals surface area contributed by atoms with Gasteiger partial charge in [-0.3, -0.25) is 9.25 Å². The average Bonchev–Trinajstić information content (AvgIpc) is 3.43. The minimum atomic E-state index is -2.24. The second-order valence-electron chi connectivity index (χ2n) is 11.2. The SMILES string of the molecule is Cc1cc2cnn(CCCC(C)(C)[Si](C)(C)O)c2cc1Nc1nnc2n1[C@H](c1ccc(F)cc1)COC2. The number of fused-ring (bicyclic) bond motifs is 2. The van der Waals surface area contributed by atoms with Gasteiger partial charge in [0.05, 0.1) is 24.4 Å². The van der Waals surface area contributed by atoms with Crippen molar-refractivity contribution in [2.45, 2.75) is 70.9 Å². The van der Waals surface area contributed by atoms with Gasteiger partial charge >= 0.3 is 0 Å². The lowest BCUT2D eigenvalue weighted by Crippen LogP contribution is -2.39. The van der Waals surface area contributed by atoms with Crippen molar-refractivity contribution in [2.24, 2.45) is 0 Å². The van der Waals surface area contributed by atoms with Crippen LogP contribution in [0.15, 0.2) is 42.6 Å². The quantitative estimate of drug-likeness (QED) is 0.289. The van der Waals surface area contributed by atoms with Crippen LogP contribution in [0.2, 0.25) is 18.1 Å². The summed E-state index contributed by atoms with van der Waals surface area (Å²) in [6.07, 6.45) is 3.79. The Kier molecular flexibility index (Phi) is 6.67. The van der Waals surface area contributed by atoms with Crippen molar-refractivity contribution in [2.75, 3.05) is 11.9 Å². The third kappa shape index (κ3) is 5.05. The third-order valence-corrected chi connectivity index (χ3v) is 11.5. The van der Waals surface area contributed by atoms with Crippen LogP contribution < -0.4 is 5.32 Å². The first-order valence-corrected chi connectivity index (χ1v) is 15.7. The van der Waals surface area contributed by atoms with E-state index in [1.165, 1.54) is 12.1 Å². The summed E-state index contributed by atoms with van der Waals surface area (Å²) >= 11 is 0. The molecule has 1 atom stereocenters. The molecule has 0 amide bonds. The summed E-state index contributed by atoms with van der Waals surface area (Å²) in [6.45, 7) is 12.0. The Morgan fingerprint density at radius 2 is 1.95 bits per heavy atom. The fourth-order valence-corrected chi connectivity index (χ4v) is 5.54. The summed E-state index contributed by atoms with van der Waals surface area (Å²) in [5, 5.41) is 17.9. The van der Waals surface area contributed by atoms with E-state index >= 15 is 0 Å². The van der Waals surface area contributed by atoms with Gasteiger partial charge in [-0.2, -0.15) is 5.10 Å². The summed E-state index contributed by atoms with van der Waals surface area (Å²) in [5.74, 6) is 1.08. The van der Waals surface area contributed by atoms with Crippen molar-refractivity contribution in [3.63, 3.8) is 0 Å². The zero-order valence-electron chi connectivity index (χ0n) is 22.1. The van der Waals surface area contributed by atoms with E-state index in [-0.39, 0.29) is 16.9 Å². The van der Waals surface area contributed by atoms with Crippen LogP contribution in [0.4, 0.5) is 16.0 Å². The van der Waals surface area contributed by atoms with E-state index < -0.39 is 8.32 Å². The van der Waals surface area contributed by atoms with Gasteiger partial charge in [-0.15, -0.1) is 10.2 Å². The number of hydrogen-bond donors (Lipinski definition) is 2. The molecule has 0 bridgehead atoms. The summed E-state index contributed by atoms with van der Waals surface area (Å²) in [5.41, 5.74) is 3.98. The molecular formula is C27H35FN6O2Si. The van der Waals surface area contributed by atoms with E-state index in [0.29, 0.717) is 19.2 Å². The number of aromatic nitrogens is 5. The zero-order valence-corrected chi connectivity index (χ0v) is 23.1. The van der Waals surface area contributed by atoms with Crippen LogP contribution in [0.25, 0.3) is 10.9 Å². The summed E-state index contributed by atoms with van der Waals surface area (Å²) in [7, 11) is -2.24. The molecule has 196 valence electrons. The molecule has 8 nitrogen and oxygen atoms in total. The lowest BCUT2D eigenvalue weighted by atomic mass is 10.1. The number of rotatable bonds is 8. The van der Waals surface area contributed by atoms with E-state index in [2.05, 4.69) is 53.5 Å². The predicted octanol–water partition coefficient (Wildman–Crippen LogP) is 5.70. The molecule has 10 heteroatoms. The van der Waals surface area contributed by atoms with Crippen molar-refractivity contribution in [3.8, 4) is 0 Å². The zero-order chi connectivity index (χ0) is 26.4. The molecule has 2 aromatic heterocycles. The molecule has 0 fully saturated rings. The first kappa shape index (κ1) is 25.6. The van der Waals surface area contributed by atoms with Crippen LogP contribution in [0.3, 0.4) is 0 Å². The topological polar surface area (TPSA) is 90.0 Å². The maximum absolute atomic E-state index is 13.5. The number of nitrogens with zero attached hydrogens (tertiary/aromatic N) is 5. The molecule has 0 spiro atoms. The molecule has 1 aliphatic rings. The number of benzene rings is 2. The van der Waals surface area contributed by atoms with Crippen molar-refractivity contribution >= 4 is 30.9 Å². The van der Waals surface area contributed by atoms with Crippen LogP contribution in [0.5, 0.6) is 0 Å². The highest BCUT2D eigenvalue weighted by Gasteiger charge is 2.37. The second-order valence-corrected chi connectivity index (χ2v) is 15.6. The van der Waals surface area contributed by atoms with Gasteiger partial charge in [0, 0.05) is 17.6 Å². The molecule has 3 heterocycles. The molecule has 0 unspecified atom stereocenters. The molecule has 0 aliphatic carbocycles. The largest absolute Gasteiger partial charge is 0.432 e. The van der Waals surface area contributed by atoms with Crippen LogP contribution in [-0.2, 0) is 17.9 Å². The number of aryl methyl sites for hydroxylation is 2. The van der Waals surface area contributed by atoms with Gasteiger partial charge in [-0.25, -0.2) is 4.39 Å². The molecule has 2 aromatic carbocycles. The Labute approximate surface area is 217 Å². The Morgan fingerprint density at radius 3 is 2.68 bits per heavy atom. The van der Waals surface area contributed by atoms with Crippen molar-refractivity contribution in [1.29, 1.82) is 0 Å². The highest BCUT2D eigenvalue weighted by atomic mass is 28.4. The predicted molar refractivity (Wildman–Crippen MR) is 145 cm³/mol. The molecule has 1 aliphatic heterocycles. The molecule has 0 radical (unpaired) electrons. The molecule has 0 saturated heterocycles. The van der Waals surface area contributed by atoms with Gasteiger partial charge in [0.25, 0.3) is 0 Å². The first-order valence-electron chi connectivity index (χ1n) is 12.8. The van der Waals surface area contributed by atoms with Crippen molar-refractivity contribution in [1.82, 2.24) is 24.5 Å². The van der Waals surface area contributed by atoms with Gasteiger partial charge in [0.15, 0.2) is 14.1 Å². The lowest BCUT2D eigenvalue weighted by molar-refractivity contribution is 0.0670. The average molecular weight is 523 g/mol. The van der Waals surface area contributed by atoms with Gasteiger partial charge in [0.2, 0.25) is 5.95 Å². The third-order valence-electron chi connectivity index (χ3n) is 7.90. The maximum atomic E-state index is 13.5. The molecule has 37 heavy (non-hydrogen) atoms. The van der Waals surface area contributed by atoms with Crippen LogP contribution in [-0.4, -0.2) is 44.3 Å². The summed E-state index contributed by atoms with van der Waals surface area (Å²) in [4.78, 5) is 10.6. The normalized spacial score (nSPS) is 16.2. The minimum absolute atomic E-state index is 0.0587. The van der Waals surface area contributed by atoms with E-state index in [9.17, 15) is 9.19 Å². The van der Waals surface area contributed by atoms with E-state index in [1.54, 1.807) is 12.1 Å². The summed E-state index contributed by atoms with van der Waals surface area (Å²) < 4.78 is 23.4. The van der Waals surface area contributed by atoms with Crippen LogP contribution in [0, 0.1) is 12.7 Å². The number of anilines is 2. The smallest absolute Gasteiger partial charge is 0.229 e. The monoisotopic (exact) mass is 522 g/mol. The molecule has 4 aromatic rings. The van der Waals surface area contributed by atoms with Crippen molar-refractivity contribution < 1.29 is 13.9 Å². The van der Waals surface area contributed by atoms with Crippen LogP contribution in [0.1, 0.15) is 49.7 Å². The highest BCUT2D eigenvalue weighted by Crippen LogP contribution is 2.40. The number of halogens is 1. The molecular weight excluding hydrogens is 487 g/mol. The second kappa shape index (κ2) is 9.66. The van der Waals surface area contributed by atoms with Gasteiger partial charge < -0.3 is 14.8 Å². The van der Waals surface area contributed by atoms with Gasteiger partial charge in [0.1, 0.15) is 12.4 Å². The fraction of sp³-hybridized carbons (Fsp3) is 0.444. The highest BCUT2D eigenvalue weighted by molar-refractivity contribution is 6.72. The Hall–Kier alpha value is -3.08. The Balaban J connectivity index is 1.40. The Bertz CT molecular complexity index is 1410. The summed E-state index contributed by atoms with van der Waals surface area (Å²) in [6, 6.07) is 10.6. The van der Waals surface area contributed by atoms with Crippen molar-refractivity contribution in [3.05, 3.63) is 65.4 Å². The molecule has 5 rings (SSSR count). The minimum Gasteiger partial charge on any atom is -0.432 e.